The number of aliphatic imine (C=N–C) groups is 1. The molecule has 0 spiro atoms. The van der Waals surface area contributed by atoms with Gasteiger partial charge in [-0.2, -0.15) is 0 Å². The van der Waals surface area contributed by atoms with Gasteiger partial charge in [-0.1, -0.05) is 12.1 Å². The van der Waals surface area contributed by atoms with Crippen LogP contribution in [0.3, 0.4) is 0 Å². The molecule has 2 heterocycles. The number of pyridine rings is 1. The Morgan fingerprint density at radius 2 is 2.09 bits per heavy atom. The molecule has 1 aliphatic heterocycles. The molecule has 172 valence electrons. The Hall–Kier alpha value is -2.80. The zero-order valence-electron chi connectivity index (χ0n) is 19.1. The van der Waals surface area contributed by atoms with E-state index < -0.39 is 0 Å². The first-order chi connectivity index (χ1) is 15.7. The molecule has 0 bridgehead atoms. The lowest BCUT2D eigenvalue weighted by Crippen LogP contribution is -2.37. The second kappa shape index (κ2) is 11.2. The molecule has 0 radical (unpaired) electrons. The molecule has 1 aromatic carbocycles. The van der Waals surface area contributed by atoms with Gasteiger partial charge in [0.05, 0.1) is 26.4 Å². The molecule has 1 saturated heterocycles. The van der Waals surface area contributed by atoms with E-state index in [4.69, 9.17) is 19.2 Å². The van der Waals surface area contributed by atoms with Gasteiger partial charge >= 0.3 is 0 Å². The van der Waals surface area contributed by atoms with Crippen LogP contribution < -0.4 is 20.1 Å². The van der Waals surface area contributed by atoms with Crippen LogP contribution in [0, 0.1) is 12.8 Å². The van der Waals surface area contributed by atoms with Crippen molar-refractivity contribution in [2.24, 2.45) is 10.9 Å². The number of aryl methyl sites for hydroxylation is 1. The van der Waals surface area contributed by atoms with Crippen molar-refractivity contribution in [2.75, 3.05) is 26.4 Å². The number of hydrogen-bond donors (Lipinski definition) is 2. The molecule has 1 unspecified atom stereocenters. The Kier molecular flexibility index (Phi) is 7.82. The van der Waals surface area contributed by atoms with Crippen molar-refractivity contribution < 1.29 is 14.2 Å². The van der Waals surface area contributed by atoms with E-state index in [1.807, 2.05) is 12.1 Å². The van der Waals surface area contributed by atoms with Gasteiger partial charge in [0.2, 0.25) is 5.88 Å². The third-order valence-electron chi connectivity index (χ3n) is 5.58. The number of nitrogens with one attached hydrogen (secondary N) is 2. The van der Waals surface area contributed by atoms with Crippen LogP contribution >= 0.6 is 0 Å². The molecule has 7 heteroatoms. The average Bonchev–Trinajstić information content (AvgIpc) is 3.49. The Morgan fingerprint density at radius 3 is 2.88 bits per heavy atom. The van der Waals surface area contributed by atoms with Gasteiger partial charge in [0.25, 0.3) is 0 Å². The molecule has 2 aromatic rings. The molecule has 7 nitrogen and oxygen atoms in total. The fourth-order valence-corrected chi connectivity index (χ4v) is 3.51. The molecule has 1 atom stereocenters. The zero-order chi connectivity index (χ0) is 22.2. The van der Waals surface area contributed by atoms with Crippen LogP contribution in [0.4, 0.5) is 0 Å². The molecular weight excluding hydrogens is 404 g/mol. The van der Waals surface area contributed by atoms with E-state index in [9.17, 15) is 0 Å². The smallest absolute Gasteiger partial charge is 0.213 e. The first-order valence-corrected chi connectivity index (χ1v) is 11.6. The minimum atomic E-state index is 0.125. The van der Waals surface area contributed by atoms with Gasteiger partial charge in [0.1, 0.15) is 11.9 Å². The van der Waals surface area contributed by atoms with Crippen molar-refractivity contribution >= 4 is 5.96 Å². The summed E-state index contributed by atoms with van der Waals surface area (Å²) < 4.78 is 17.5. The summed E-state index contributed by atoms with van der Waals surface area (Å²) in [4.78, 5) is 9.06. The fraction of sp³-hybridized carbons (Fsp3) is 0.520. The van der Waals surface area contributed by atoms with E-state index in [2.05, 4.69) is 47.7 Å². The number of aromatic nitrogens is 1. The van der Waals surface area contributed by atoms with Crippen molar-refractivity contribution in [2.45, 2.75) is 52.3 Å². The highest BCUT2D eigenvalue weighted by atomic mass is 16.5. The van der Waals surface area contributed by atoms with Crippen LogP contribution in [-0.4, -0.2) is 43.4 Å². The molecule has 0 amide bonds. The van der Waals surface area contributed by atoms with Crippen LogP contribution in [0.1, 0.15) is 42.9 Å². The number of benzene rings is 1. The number of nitrogens with zero attached hydrogens (tertiary/aromatic N) is 2. The van der Waals surface area contributed by atoms with Gasteiger partial charge in [0, 0.05) is 37.3 Å². The van der Waals surface area contributed by atoms with Crippen LogP contribution in [-0.2, 0) is 17.8 Å². The first kappa shape index (κ1) is 22.4. The summed E-state index contributed by atoms with van der Waals surface area (Å²) in [5, 5.41) is 6.76. The van der Waals surface area contributed by atoms with Gasteiger partial charge < -0.3 is 24.8 Å². The lowest BCUT2D eigenvalue weighted by Gasteiger charge is -2.18. The first-order valence-electron chi connectivity index (χ1n) is 11.6. The van der Waals surface area contributed by atoms with Gasteiger partial charge in [-0.3, -0.25) is 0 Å². The quantitative estimate of drug-likeness (QED) is 0.436. The van der Waals surface area contributed by atoms with Crippen molar-refractivity contribution in [1.82, 2.24) is 15.6 Å². The number of rotatable bonds is 10. The lowest BCUT2D eigenvalue weighted by molar-refractivity contribution is 0.140. The second-order valence-electron chi connectivity index (χ2n) is 8.52. The molecule has 2 fully saturated rings. The molecule has 4 rings (SSSR count). The Balaban J connectivity index is 1.37. The highest BCUT2D eigenvalue weighted by Gasteiger charge is 2.22. The summed E-state index contributed by atoms with van der Waals surface area (Å²) in [5.41, 5.74) is 3.36. The van der Waals surface area contributed by atoms with Crippen LogP contribution in [0.5, 0.6) is 11.6 Å². The molecular formula is C25H34N4O3. The van der Waals surface area contributed by atoms with Crippen LogP contribution in [0.15, 0.2) is 41.5 Å². The third-order valence-corrected chi connectivity index (χ3v) is 5.58. The van der Waals surface area contributed by atoms with E-state index >= 15 is 0 Å². The van der Waals surface area contributed by atoms with Crippen molar-refractivity contribution in [1.29, 1.82) is 0 Å². The molecule has 1 aliphatic carbocycles. The average molecular weight is 439 g/mol. The predicted molar refractivity (Wildman–Crippen MR) is 125 cm³/mol. The van der Waals surface area contributed by atoms with Crippen molar-refractivity contribution in [3.63, 3.8) is 0 Å². The van der Waals surface area contributed by atoms with Gasteiger partial charge in [0.15, 0.2) is 5.96 Å². The van der Waals surface area contributed by atoms with E-state index in [-0.39, 0.29) is 6.10 Å². The number of ether oxygens (including phenoxy) is 3. The summed E-state index contributed by atoms with van der Waals surface area (Å²) in [6.07, 6.45) is 5.38. The topological polar surface area (TPSA) is 77.0 Å². The minimum Gasteiger partial charge on any atom is -0.488 e. The highest BCUT2D eigenvalue weighted by molar-refractivity contribution is 5.79. The monoisotopic (exact) mass is 438 g/mol. The predicted octanol–water partition coefficient (Wildman–Crippen LogP) is 3.60. The standard InChI is InChI=1S/C25H34N4O3/c1-3-26-25(28-14-20-8-10-27-24(13-20)31-16-19-5-6-19)29-15-21-7-4-18(2)12-23(21)32-22-9-11-30-17-22/h4,7-8,10,12-13,19,22H,3,5-6,9,11,14-17H2,1-2H3,(H2,26,28,29). The summed E-state index contributed by atoms with van der Waals surface area (Å²) in [5.74, 6) is 3.07. The van der Waals surface area contributed by atoms with E-state index in [1.54, 1.807) is 6.20 Å². The van der Waals surface area contributed by atoms with E-state index in [0.717, 1.165) is 49.0 Å². The maximum absolute atomic E-state index is 6.22. The number of hydrogen-bond acceptors (Lipinski definition) is 5. The normalized spacial score (nSPS) is 18.4. The van der Waals surface area contributed by atoms with Gasteiger partial charge in [-0.05, 0) is 55.9 Å². The maximum Gasteiger partial charge on any atom is 0.213 e. The van der Waals surface area contributed by atoms with Crippen LogP contribution in [0.25, 0.3) is 0 Å². The second-order valence-corrected chi connectivity index (χ2v) is 8.52. The van der Waals surface area contributed by atoms with E-state index in [1.165, 1.54) is 18.4 Å². The molecule has 2 N–H and O–H groups in total. The summed E-state index contributed by atoms with van der Waals surface area (Å²) >= 11 is 0. The Labute approximate surface area is 190 Å². The number of guanidine groups is 1. The largest absolute Gasteiger partial charge is 0.488 e. The minimum absolute atomic E-state index is 0.125. The molecule has 1 saturated carbocycles. The third kappa shape index (κ3) is 6.85. The van der Waals surface area contributed by atoms with Gasteiger partial charge in [-0.15, -0.1) is 0 Å². The van der Waals surface area contributed by atoms with Crippen molar-refractivity contribution in [3.8, 4) is 11.6 Å². The Bertz CT molecular complexity index is 908. The summed E-state index contributed by atoms with van der Waals surface area (Å²) in [7, 11) is 0. The summed E-state index contributed by atoms with van der Waals surface area (Å²) in [6, 6.07) is 10.3. The van der Waals surface area contributed by atoms with Crippen molar-refractivity contribution in [3.05, 3.63) is 53.2 Å². The molecule has 32 heavy (non-hydrogen) atoms. The zero-order valence-corrected chi connectivity index (χ0v) is 19.1. The summed E-state index contributed by atoms with van der Waals surface area (Å²) in [6.45, 7) is 8.29. The lowest BCUT2D eigenvalue weighted by atomic mass is 10.1. The van der Waals surface area contributed by atoms with E-state index in [0.29, 0.717) is 31.5 Å². The highest BCUT2D eigenvalue weighted by Crippen LogP contribution is 2.29. The maximum atomic E-state index is 6.22. The van der Waals surface area contributed by atoms with Gasteiger partial charge in [-0.25, -0.2) is 9.98 Å². The SMILES string of the molecule is CCNC(=NCc1ccnc(OCC2CC2)c1)NCc1ccc(C)cc1OC1CCOC1. The molecule has 1 aromatic heterocycles. The Morgan fingerprint density at radius 1 is 1.19 bits per heavy atom. The van der Waals surface area contributed by atoms with Crippen LogP contribution in [0.2, 0.25) is 0 Å². The fourth-order valence-electron chi connectivity index (χ4n) is 3.51. The molecule has 2 aliphatic rings.